The SMILES string of the molecule is CCOc1ccccc1OCC(=O)N/N=C/c1ccc(OCc2ccc(C)cc2)c(OC)c1. The monoisotopic (exact) mass is 448 g/mol. The number of ether oxygens (including phenoxy) is 4. The summed E-state index contributed by atoms with van der Waals surface area (Å²) in [7, 11) is 1.58. The van der Waals surface area contributed by atoms with Crippen LogP contribution in [0.2, 0.25) is 0 Å². The van der Waals surface area contributed by atoms with Crippen molar-refractivity contribution in [3.8, 4) is 23.0 Å². The van der Waals surface area contributed by atoms with Crippen LogP contribution in [0.3, 0.4) is 0 Å². The third-order valence-corrected chi connectivity index (χ3v) is 4.61. The van der Waals surface area contributed by atoms with Gasteiger partial charge in [-0.25, -0.2) is 5.43 Å². The topological polar surface area (TPSA) is 78.4 Å². The summed E-state index contributed by atoms with van der Waals surface area (Å²) in [5.74, 6) is 1.91. The van der Waals surface area contributed by atoms with Gasteiger partial charge in [-0.15, -0.1) is 0 Å². The number of nitrogens with zero attached hydrogens (tertiary/aromatic N) is 1. The van der Waals surface area contributed by atoms with Gasteiger partial charge >= 0.3 is 0 Å². The maximum absolute atomic E-state index is 12.1. The molecule has 1 amide bonds. The molecule has 0 bridgehead atoms. The number of carbonyl (C=O) groups excluding carboxylic acids is 1. The number of para-hydroxylation sites is 2. The van der Waals surface area contributed by atoms with E-state index in [0.29, 0.717) is 36.2 Å². The number of nitrogens with one attached hydrogen (secondary N) is 1. The second-order valence-electron chi connectivity index (χ2n) is 7.15. The Hall–Kier alpha value is -4.00. The van der Waals surface area contributed by atoms with Crippen LogP contribution in [0.5, 0.6) is 23.0 Å². The van der Waals surface area contributed by atoms with Crippen LogP contribution in [0, 0.1) is 6.92 Å². The lowest BCUT2D eigenvalue weighted by Gasteiger charge is -2.11. The van der Waals surface area contributed by atoms with Crippen LogP contribution in [-0.2, 0) is 11.4 Å². The standard InChI is InChI=1S/C26H28N2O5/c1-4-31-22-7-5-6-8-23(22)33-18-26(29)28-27-16-21-13-14-24(25(15-21)30-3)32-17-20-11-9-19(2)10-12-20/h5-16H,4,17-18H2,1-3H3,(H,28,29)/b27-16+. The highest BCUT2D eigenvalue weighted by atomic mass is 16.5. The van der Waals surface area contributed by atoms with Crippen LogP contribution in [0.25, 0.3) is 0 Å². The zero-order valence-corrected chi connectivity index (χ0v) is 19.0. The minimum Gasteiger partial charge on any atom is -0.493 e. The molecule has 172 valence electrons. The molecule has 0 radical (unpaired) electrons. The van der Waals surface area contributed by atoms with Gasteiger partial charge in [-0.3, -0.25) is 4.79 Å². The van der Waals surface area contributed by atoms with E-state index in [2.05, 4.69) is 10.5 Å². The minimum atomic E-state index is -0.387. The van der Waals surface area contributed by atoms with Gasteiger partial charge in [0.25, 0.3) is 5.91 Å². The van der Waals surface area contributed by atoms with Crippen molar-refractivity contribution >= 4 is 12.1 Å². The summed E-state index contributed by atoms with van der Waals surface area (Å²) in [5, 5.41) is 3.99. The number of rotatable bonds is 11. The van der Waals surface area contributed by atoms with Gasteiger partial charge in [-0.05, 0) is 55.3 Å². The molecule has 0 aliphatic carbocycles. The molecule has 3 aromatic carbocycles. The van der Waals surface area contributed by atoms with E-state index in [1.807, 2.05) is 62.4 Å². The van der Waals surface area contributed by atoms with Crippen LogP contribution in [0.4, 0.5) is 0 Å². The maximum atomic E-state index is 12.1. The summed E-state index contributed by atoms with van der Waals surface area (Å²) < 4.78 is 22.3. The van der Waals surface area contributed by atoms with Crippen molar-refractivity contribution < 1.29 is 23.7 Å². The summed E-state index contributed by atoms with van der Waals surface area (Å²) >= 11 is 0. The number of amides is 1. The van der Waals surface area contributed by atoms with Crippen molar-refractivity contribution in [2.24, 2.45) is 5.10 Å². The Morgan fingerprint density at radius 1 is 0.909 bits per heavy atom. The van der Waals surface area contributed by atoms with Gasteiger partial charge in [0.2, 0.25) is 0 Å². The minimum absolute atomic E-state index is 0.184. The molecule has 0 saturated carbocycles. The first-order valence-corrected chi connectivity index (χ1v) is 10.6. The fraction of sp³-hybridized carbons (Fsp3) is 0.231. The Morgan fingerprint density at radius 2 is 1.61 bits per heavy atom. The number of hydrazone groups is 1. The number of aryl methyl sites for hydroxylation is 1. The molecule has 0 saturated heterocycles. The van der Waals surface area contributed by atoms with Crippen molar-refractivity contribution in [1.29, 1.82) is 0 Å². The molecule has 0 spiro atoms. The lowest BCUT2D eigenvalue weighted by Crippen LogP contribution is -2.24. The molecule has 7 heteroatoms. The molecule has 0 fully saturated rings. The normalized spacial score (nSPS) is 10.6. The predicted octanol–water partition coefficient (Wildman–Crippen LogP) is 4.51. The van der Waals surface area contributed by atoms with Crippen molar-refractivity contribution in [1.82, 2.24) is 5.43 Å². The Morgan fingerprint density at radius 3 is 2.30 bits per heavy atom. The van der Waals surface area contributed by atoms with E-state index in [1.54, 1.807) is 25.3 Å². The Kier molecular flexibility index (Phi) is 8.71. The molecular weight excluding hydrogens is 420 g/mol. The third-order valence-electron chi connectivity index (χ3n) is 4.61. The quantitative estimate of drug-likeness (QED) is 0.345. The van der Waals surface area contributed by atoms with Crippen LogP contribution < -0.4 is 24.4 Å². The average molecular weight is 449 g/mol. The number of benzene rings is 3. The second kappa shape index (κ2) is 12.1. The Bertz CT molecular complexity index is 1080. The van der Waals surface area contributed by atoms with E-state index in [1.165, 1.54) is 11.8 Å². The fourth-order valence-electron chi connectivity index (χ4n) is 2.93. The van der Waals surface area contributed by atoms with Gasteiger partial charge in [0.05, 0.1) is 19.9 Å². The van der Waals surface area contributed by atoms with Crippen molar-refractivity contribution in [2.75, 3.05) is 20.3 Å². The summed E-state index contributed by atoms with van der Waals surface area (Å²) in [6, 6.07) is 20.8. The highest BCUT2D eigenvalue weighted by Crippen LogP contribution is 2.28. The van der Waals surface area contributed by atoms with Gasteiger partial charge in [0, 0.05) is 0 Å². The van der Waals surface area contributed by atoms with E-state index in [9.17, 15) is 4.79 Å². The molecule has 1 N–H and O–H groups in total. The Labute approximate surface area is 193 Å². The highest BCUT2D eigenvalue weighted by Gasteiger charge is 2.08. The molecule has 3 rings (SSSR count). The van der Waals surface area contributed by atoms with E-state index in [0.717, 1.165) is 11.1 Å². The third kappa shape index (κ3) is 7.28. The van der Waals surface area contributed by atoms with E-state index < -0.39 is 0 Å². The molecular formula is C26H28N2O5. The first kappa shape index (κ1) is 23.7. The first-order valence-electron chi connectivity index (χ1n) is 10.6. The summed E-state index contributed by atoms with van der Waals surface area (Å²) in [6.07, 6.45) is 1.53. The summed E-state index contributed by atoms with van der Waals surface area (Å²) in [6.45, 7) is 4.69. The molecule has 0 heterocycles. The molecule has 7 nitrogen and oxygen atoms in total. The first-order chi connectivity index (χ1) is 16.1. The van der Waals surface area contributed by atoms with E-state index in [4.69, 9.17) is 18.9 Å². The van der Waals surface area contributed by atoms with Gasteiger partial charge in [-0.1, -0.05) is 42.0 Å². The van der Waals surface area contributed by atoms with Crippen LogP contribution >= 0.6 is 0 Å². The largest absolute Gasteiger partial charge is 0.493 e. The Balaban J connectivity index is 1.52. The molecule has 0 atom stereocenters. The lowest BCUT2D eigenvalue weighted by molar-refractivity contribution is -0.123. The average Bonchev–Trinajstić information content (AvgIpc) is 2.83. The molecule has 0 aromatic heterocycles. The van der Waals surface area contributed by atoms with E-state index in [-0.39, 0.29) is 12.5 Å². The zero-order valence-electron chi connectivity index (χ0n) is 19.0. The van der Waals surface area contributed by atoms with Crippen molar-refractivity contribution in [3.63, 3.8) is 0 Å². The molecule has 0 aliphatic heterocycles. The van der Waals surface area contributed by atoms with Crippen LogP contribution in [0.1, 0.15) is 23.6 Å². The fourth-order valence-corrected chi connectivity index (χ4v) is 2.93. The number of hydrogen-bond acceptors (Lipinski definition) is 6. The van der Waals surface area contributed by atoms with Crippen molar-refractivity contribution in [3.05, 3.63) is 83.4 Å². The van der Waals surface area contributed by atoms with Crippen LogP contribution in [-0.4, -0.2) is 32.4 Å². The number of carbonyl (C=O) groups is 1. The lowest BCUT2D eigenvalue weighted by atomic mass is 10.2. The van der Waals surface area contributed by atoms with E-state index >= 15 is 0 Å². The van der Waals surface area contributed by atoms with Gasteiger partial charge in [0.1, 0.15) is 6.61 Å². The maximum Gasteiger partial charge on any atom is 0.277 e. The molecule has 0 aliphatic rings. The predicted molar refractivity (Wildman–Crippen MR) is 127 cm³/mol. The van der Waals surface area contributed by atoms with Crippen LogP contribution in [0.15, 0.2) is 71.8 Å². The van der Waals surface area contributed by atoms with Gasteiger partial charge < -0.3 is 18.9 Å². The molecule has 0 unspecified atom stereocenters. The highest BCUT2D eigenvalue weighted by molar-refractivity contribution is 5.83. The summed E-state index contributed by atoms with van der Waals surface area (Å²) in [5.41, 5.74) is 5.47. The number of methoxy groups -OCH3 is 1. The zero-order chi connectivity index (χ0) is 23.5. The van der Waals surface area contributed by atoms with Gasteiger partial charge in [0.15, 0.2) is 29.6 Å². The summed E-state index contributed by atoms with van der Waals surface area (Å²) in [4.78, 5) is 12.1. The number of hydrogen-bond donors (Lipinski definition) is 1. The van der Waals surface area contributed by atoms with Crippen molar-refractivity contribution in [2.45, 2.75) is 20.5 Å². The van der Waals surface area contributed by atoms with Gasteiger partial charge in [-0.2, -0.15) is 5.10 Å². The smallest absolute Gasteiger partial charge is 0.277 e. The molecule has 33 heavy (non-hydrogen) atoms. The molecule has 3 aromatic rings. The second-order valence-corrected chi connectivity index (χ2v) is 7.15.